The molecular formula is C15H12N2O2. The maximum atomic E-state index is 11.4. The lowest BCUT2D eigenvalue weighted by Crippen LogP contribution is -1.95. The molecule has 0 radical (unpaired) electrons. The van der Waals surface area contributed by atoms with Crippen LogP contribution in [0.2, 0.25) is 0 Å². The van der Waals surface area contributed by atoms with Crippen molar-refractivity contribution in [1.29, 1.82) is 0 Å². The second-order valence-corrected chi connectivity index (χ2v) is 4.38. The van der Waals surface area contributed by atoms with Gasteiger partial charge >= 0.3 is 0 Å². The summed E-state index contributed by atoms with van der Waals surface area (Å²) in [5.41, 5.74) is 3.29. The maximum absolute atomic E-state index is 11.4. The third kappa shape index (κ3) is 1.69. The third-order valence-electron chi connectivity index (χ3n) is 3.32. The van der Waals surface area contributed by atoms with Crippen molar-refractivity contribution in [1.82, 2.24) is 9.55 Å². The summed E-state index contributed by atoms with van der Waals surface area (Å²) in [6.45, 7) is 0. The second kappa shape index (κ2) is 4.24. The summed E-state index contributed by atoms with van der Waals surface area (Å²) in [5.74, 6) is 0.207. The van der Waals surface area contributed by atoms with Crippen molar-refractivity contribution < 1.29 is 9.90 Å². The number of hydrogen-bond donors (Lipinski definition) is 1. The molecule has 4 nitrogen and oxygen atoms in total. The molecule has 3 rings (SSSR count). The second-order valence-electron chi connectivity index (χ2n) is 4.38. The summed E-state index contributed by atoms with van der Waals surface area (Å²) in [7, 11) is 1.84. The van der Waals surface area contributed by atoms with Crippen molar-refractivity contribution in [2.24, 2.45) is 7.05 Å². The predicted molar refractivity (Wildman–Crippen MR) is 73.2 cm³/mol. The molecular weight excluding hydrogens is 240 g/mol. The Balaban J connectivity index is 2.39. The van der Waals surface area contributed by atoms with Gasteiger partial charge in [0.15, 0.2) is 6.29 Å². The highest BCUT2D eigenvalue weighted by Crippen LogP contribution is 2.33. The lowest BCUT2D eigenvalue weighted by molar-refractivity contribution is 0.111. The summed E-state index contributed by atoms with van der Waals surface area (Å²) in [5, 5.41) is 10.3. The van der Waals surface area contributed by atoms with E-state index < -0.39 is 0 Å². The topological polar surface area (TPSA) is 55.1 Å². The van der Waals surface area contributed by atoms with Crippen molar-refractivity contribution in [2.45, 2.75) is 0 Å². The van der Waals surface area contributed by atoms with Crippen LogP contribution in [0.1, 0.15) is 10.5 Å². The van der Waals surface area contributed by atoms with Gasteiger partial charge in [-0.1, -0.05) is 12.1 Å². The van der Waals surface area contributed by atoms with Gasteiger partial charge in [-0.3, -0.25) is 9.78 Å². The first kappa shape index (κ1) is 11.5. The number of fused-ring (bicyclic) bond motifs is 1. The summed E-state index contributed by atoms with van der Waals surface area (Å²) < 4.78 is 1.83. The number of carbonyl (C=O) groups is 1. The molecule has 0 saturated carbocycles. The molecule has 0 amide bonds. The highest BCUT2D eigenvalue weighted by molar-refractivity contribution is 6.04. The molecule has 19 heavy (non-hydrogen) atoms. The Labute approximate surface area is 109 Å². The number of benzene rings is 1. The van der Waals surface area contributed by atoms with Crippen LogP contribution in [0.4, 0.5) is 0 Å². The number of aryl methyl sites for hydroxylation is 1. The highest BCUT2D eigenvalue weighted by Gasteiger charge is 2.15. The molecule has 0 atom stereocenters. The summed E-state index contributed by atoms with van der Waals surface area (Å²) >= 11 is 0. The van der Waals surface area contributed by atoms with E-state index in [9.17, 15) is 9.90 Å². The van der Waals surface area contributed by atoms with Crippen LogP contribution < -0.4 is 0 Å². The minimum absolute atomic E-state index is 0.207. The van der Waals surface area contributed by atoms with E-state index in [4.69, 9.17) is 0 Å². The molecule has 3 aromatic rings. The zero-order chi connectivity index (χ0) is 13.4. The van der Waals surface area contributed by atoms with Gasteiger partial charge in [-0.2, -0.15) is 0 Å². The molecule has 0 bridgehead atoms. The first-order chi connectivity index (χ1) is 9.22. The van der Waals surface area contributed by atoms with E-state index in [-0.39, 0.29) is 5.75 Å². The van der Waals surface area contributed by atoms with Crippen LogP contribution >= 0.6 is 0 Å². The Morgan fingerprint density at radius 2 is 1.95 bits per heavy atom. The van der Waals surface area contributed by atoms with Crippen molar-refractivity contribution in [3.8, 4) is 16.9 Å². The highest BCUT2D eigenvalue weighted by atomic mass is 16.3. The number of aromatic nitrogens is 2. The van der Waals surface area contributed by atoms with Crippen LogP contribution in [-0.2, 0) is 7.05 Å². The molecule has 0 unspecified atom stereocenters. The van der Waals surface area contributed by atoms with E-state index in [1.54, 1.807) is 36.7 Å². The number of carbonyl (C=O) groups excluding carboxylic acids is 1. The van der Waals surface area contributed by atoms with Gasteiger partial charge in [0.2, 0.25) is 0 Å². The number of aromatic hydroxyl groups is 1. The van der Waals surface area contributed by atoms with Gasteiger partial charge in [0.1, 0.15) is 5.75 Å². The van der Waals surface area contributed by atoms with Gasteiger partial charge in [0, 0.05) is 24.2 Å². The largest absolute Gasteiger partial charge is 0.508 e. The van der Waals surface area contributed by atoms with E-state index in [0.717, 1.165) is 28.3 Å². The number of pyridine rings is 1. The Hall–Kier alpha value is -2.62. The fourth-order valence-corrected chi connectivity index (χ4v) is 2.37. The van der Waals surface area contributed by atoms with E-state index >= 15 is 0 Å². The Morgan fingerprint density at radius 1 is 1.21 bits per heavy atom. The summed E-state index contributed by atoms with van der Waals surface area (Å²) in [4.78, 5) is 15.5. The zero-order valence-corrected chi connectivity index (χ0v) is 10.4. The lowest BCUT2D eigenvalue weighted by atomic mass is 10.0. The lowest BCUT2D eigenvalue weighted by Gasteiger charge is -2.02. The van der Waals surface area contributed by atoms with Gasteiger partial charge in [0.05, 0.1) is 17.4 Å². The maximum Gasteiger partial charge on any atom is 0.167 e. The number of aldehydes is 1. The van der Waals surface area contributed by atoms with Gasteiger partial charge in [-0.05, 0) is 23.8 Å². The van der Waals surface area contributed by atoms with Crippen LogP contribution in [0, 0.1) is 0 Å². The van der Waals surface area contributed by atoms with Gasteiger partial charge in [-0.25, -0.2) is 0 Å². The summed E-state index contributed by atoms with van der Waals surface area (Å²) in [6.07, 6.45) is 4.30. The molecule has 2 heterocycles. The van der Waals surface area contributed by atoms with Crippen molar-refractivity contribution in [3.63, 3.8) is 0 Å². The van der Waals surface area contributed by atoms with Crippen molar-refractivity contribution >= 4 is 17.2 Å². The van der Waals surface area contributed by atoms with Crippen LogP contribution in [0.5, 0.6) is 5.75 Å². The van der Waals surface area contributed by atoms with Crippen molar-refractivity contribution in [2.75, 3.05) is 0 Å². The van der Waals surface area contributed by atoms with Crippen molar-refractivity contribution in [3.05, 3.63) is 48.4 Å². The molecule has 4 heteroatoms. The monoisotopic (exact) mass is 252 g/mol. The van der Waals surface area contributed by atoms with E-state index in [1.807, 2.05) is 17.7 Å². The average Bonchev–Trinajstić information content (AvgIpc) is 2.73. The Bertz CT molecular complexity index is 758. The fraction of sp³-hybridized carbons (Fsp3) is 0.0667. The van der Waals surface area contributed by atoms with Gasteiger partial charge in [-0.15, -0.1) is 0 Å². The molecule has 0 spiro atoms. The standard InChI is InChI=1S/C15H12N2O2/c1-17-13-8-16-7-6-12(13)15(14(17)9-18)10-2-4-11(19)5-3-10/h2-9,19H,1H3. The molecule has 1 aromatic carbocycles. The van der Waals surface area contributed by atoms with E-state index in [0.29, 0.717) is 5.69 Å². The number of phenolic OH excluding ortho intramolecular Hbond substituents is 1. The molecule has 0 aliphatic carbocycles. The fourth-order valence-electron chi connectivity index (χ4n) is 2.37. The molecule has 0 aliphatic heterocycles. The molecule has 2 aromatic heterocycles. The van der Waals surface area contributed by atoms with E-state index in [1.165, 1.54) is 0 Å². The first-order valence-electron chi connectivity index (χ1n) is 5.89. The van der Waals surface area contributed by atoms with E-state index in [2.05, 4.69) is 4.98 Å². The number of phenols is 1. The van der Waals surface area contributed by atoms with Crippen LogP contribution in [-0.4, -0.2) is 20.9 Å². The van der Waals surface area contributed by atoms with Crippen LogP contribution in [0.3, 0.4) is 0 Å². The third-order valence-corrected chi connectivity index (χ3v) is 3.32. The minimum Gasteiger partial charge on any atom is -0.508 e. The Morgan fingerprint density at radius 3 is 2.63 bits per heavy atom. The Kier molecular flexibility index (Phi) is 2.56. The van der Waals surface area contributed by atoms with Gasteiger partial charge in [0.25, 0.3) is 0 Å². The molecule has 0 aliphatic rings. The van der Waals surface area contributed by atoms with Crippen LogP contribution in [0.25, 0.3) is 22.0 Å². The first-order valence-corrected chi connectivity index (χ1v) is 5.89. The average molecular weight is 252 g/mol. The summed E-state index contributed by atoms with van der Waals surface area (Å²) in [6, 6.07) is 8.73. The normalized spacial score (nSPS) is 10.8. The van der Waals surface area contributed by atoms with Crippen LogP contribution in [0.15, 0.2) is 42.7 Å². The van der Waals surface area contributed by atoms with Gasteiger partial charge < -0.3 is 9.67 Å². The quantitative estimate of drug-likeness (QED) is 0.713. The number of nitrogens with zero attached hydrogens (tertiary/aromatic N) is 2. The number of hydrogen-bond acceptors (Lipinski definition) is 3. The molecule has 94 valence electrons. The SMILES string of the molecule is Cn1c(C=O)c(-c2ccc(O)cc2)c2ccncc21. The number of rotatable bonds is 2. The smallest absolute Gasteiger partial charge is 0.167 e. The predicted octanol–water partition coefficient (Wildman–Crippen LogP) is 2.76. The molecule has 1 N–H and O–H groups in total. The molecule has 0 saturated heterocycles. The minimum atomic E-state index is 0.207. The molecule has 0 fully saturated rings. The zero-order valence-electron chi connectivity index (χ0n) is 10.4.